The first-order valence-corrected chi connectivity index (χ1v) is 6.02. The highest BCUT2D eigenvalue weighted by molar-refractivity contribution is 9.09. The fourth-order valence-electron chi connectivity index (χ4n) is 2.27. The molecule has 14 heavy (non-hydrogen) atoms. The van der Waals surface area contributed by atoms with Gasteiger partial charge in [-0.05, 0) is 19.3 Å². The van der Waals surface area contributed by atoms with Gasteiger partial charge in [-0.1, -0.05) is 29.8 Å². The second-order valence-corrected chi connectivity index (χ2v) is 4.96. The van der Waals surface area contributed by atoms with Crippen LogP contribution in [0.25, 0.3) is 0 Å². The Labute approximate surface area is 92.3 Å². The molecule has 1 nitrogen and oxygen atoms in total. The summed E-state index contributed by atoms with van der Waals surface area (Å²) in [4.78, 5) is 0.424. The zero-order chi connectivity index (χ0) is 10.8. The van der Waals surface area contributed by atoms with Gasteiger partial charge in [-0.3, -0.25) is 0 Å². The molecule has 1 aliphatic carbocycles. The highest BCUT2D eigenvalue weighted by Gasteiger charge is 2.52. The second kappa shape index (κ2) is 4.88. The van der Waals surface area contributed by atoms with E-state index in [4.69, 9.17) is 4.74 Å². The summed E-state index contributed by atoms with van der Waals surface area (Å²) in [5, 5.41) is 0. The van der Waals surface area contributed by atoms with Crippen molar-refractivity contribution in [1.29, 1.82) is 0 Å². The molecule has 1 fully saturated rings. The lowest BCUT2D eigenvalue weighted by atomic mass is 9.62. The van der Waals surface area contributed by atoms with E-state index in [1.807, 2.05) is 0 Å². The normalized spacial score (nSPS) is 30.4. The zero-order valence-electron chi connectivity index (χ0n) is 8.60. The molecule has 0 bridgehead atoms. The third-order valence-electron chi connectivity index (χ3n) is 3.43. The molecule has 0 N–H and O–H groups in total. The Morgan fingerprint density at radius 3 is 2.36 bits per heavy atom. The van der Waals surface area contributed by atoms with Gasteiger partial charge in [0.2, 0.25) is 0 Å². The summed E-state index contributed by atoms with van der Waals surface area (Å²) in [6, 6.07) is 0. The maximum Gasteiger partial charge on any atom is 0.261 e. The van der Waals surface area contributed by atoms with Crippen molar-refractivity contribution in [3.05, 3.63) is 0 Å². The van der Waals surface area contributed by atoms with E-state index >= 15 is 0 Å². The smallest absolute Gasteiger partial charge is 0.261 e. The predicted octanol–water partition coefficient (Wildman–Crippen LogP) is 3.61. The van der Waals surface area contributed by atoms with Gasteiger partial charge in [-0.15, -0.1) is 0 Å². The van der Waals surface area contributed by atoms with Crippen LogP contribution in [-0.2, 0) is 4.74 Å². The van der Waals surface area contributed by atoms with Crippen LogP contribution in [-0.4, -0.2) is 24.0 Å². The molecule has 0 aromatic heterocycles. The second-order valence-electron chi connectivity index (χ2n) is 3.86. The third-order valence-corrected chi connectivity index (χ3v) is 4.71. The fourth-order valence-corrected chi connectivity index (χ4v) is 3.55. The van der Waals surface area contributed by atoms with E-state index in [1.54, 1.807) is 0 Å². The topological polar surface area (TPSA) is 9.23 Å². The van der Waals surface area contributed by atoms with Crippen molar-refractivity contribution in [1.82, 2.24) is 0 Å². The van der Waals surface area contributed by atoms with Gasteiger partial charge >= 0.3 is 0 Å². The monoisotopic (exact) mass is 270 g/mol. The Hall–Kier alpha value is 0.300. The molecule has 1 rings (SSSR count). The van der Waals surface area contributed by atoms with Gasteiger partial charge in [0.05, 0.1) is 6.10 Å². The van der Waals surface area contributed by atoms with Gasteiger partial charge in [0, 0.05) is 10.2 Å². The first-order chi connectivity index (χ1) is 6.56. The molecule has 1 aliphatic rings. The molecule has 84 valence electrons. The summed E-state index contributed by atoms with van der Waals surface area (Å²) >= 11 is 3.58. The van der Waals surface area contributed by atoms with Gasteiger partial charge in [-0.2, -0.15) is 0 Å². The van der Waals surface area contributed by atoms with E-state index in [1.165, 1.54) is 0 Å². The molecule has 2 atom stereocenters. The van der Waals surface area contributed by atoms with Gasteiger partial charge in [0.25, 0.3) is 6.43 Å². The number of alkyl halides is 3. The van der Waals surface area contributed by atoms with Gasteiger partial charge in [-0.25, -0.2) is 8.78 Å². The molecule has 1 saturated carbocycles. The number of rotatable bonds is 5. The average molecular weight is 271 g/mol. The Morgan fingerprint density at radius 1 is 1.43 bits per heavy atom. The van der Waals surface area contributed by atoms with Crippen molar-refractivity contribution in [2.24, 2.45) is 5.41 Å². The average Bonchev–Trinajstić information content (AvgIpc) is 2.14. The van der Waals surface area contributed by atoms with E-state index in [0.717, 1.165) is 19.3 Å². The van der Waals surface area contributed by atoms with E-state index in [-0.39, 0.29) is 11.5 Å². The summed E-state index contributed by atoms with van der Waals surface area (Å²) in [7, 11) is 0. The van der Waals surface area contributed by atoms with Gasteiger partial charge in [0.15, 0.2) is 0 Å². The molecule has 0 amide bonds. The SMILES string of the molecule is CCC1(CC)C(Br)CC1OCC(F)F. The molecular weight excluding hydrogens is 254 g/mol. The molecule has 0 radical (unpaired) electrons. The molecule has 0 aromatic carbocycles. The van der Waals surface area contributed by atoms with Crippen LogP contribution in [0.3, 0.4) is 0 Å². The minimum atomic E-state index is -2.35. The molecule has 0 aliphatic heterocycles. The quantitative estimate of drug-likeness (QED) is 0.694. The minimum Gasteiger partial charge on any atom is -0.372 e. The molecule has 0 saturated heterocycles. The fraction of sp³-hybridized carbons (Fsp3) is 1.00. The Bertz CT molecular complexity index is 183. The summed E-state index contributed by atoms with van der Waals surface area (Å²) in [5.74, 6) is 0. The third kappa shape index (κ3) is 2.11. The molecule has 2 unspecified atom stereocenters. The van der Waals surface area contributed by atoms with Crippen LogP contribution < -0.4 is 0 Å². The number of ether oxygens (including phenoxy) is 1. The lowest BCUT2D eigenvalue weighted by Crippen LogP contribution is -2.55. The summed E-state index contributed by atoms with van der Waals surface area (Å²) < 4.78 is 29.2. The molecule has 0 aromatic rings. The standard InChI is InChI=1S/C10H17BrF2O/c1-3-10(4-2)7(11)5-8(10)14-6-9(12)13/h7-9H,3-6H2,1-2H3. The largest absolute Gasteiger partial charge is 0.372 e. The lowest BCUT2D eigenvalue weighted by Gasteiger charge is -2.53. The van der Waals surface area contributed by atoms with Crippen LogP contribution in [0.1, 0.15) is 33.1 Å². The molecule has 0 spiro atoms. The highest BCUT2D eigenvalue weighted by atomic mass is 79.9. The molecular formula is C10H17BrF2O. The van der Waals surface area contributed by atoms with Crippen molar-refractivity contribution >= 4 is 15.9 Å². The highest BCUT2D eigenvalue weighted by Crippen LogP contribution is 2.52. The first kappa shape index (κ1) is 12.4. The van der Waals surface area contributed by atoms with E-state index in [2.05, 4.69) is 29.8 Å². The maximum absolute atomic E-state index is 12.0. The Morgan fingerprint density at radius 2 is 2.00 bits per heavy atom. The summed E-state index contributed by atoms with van der Waals surface area (Å²) in [6.45, 7) is 3.76. The van der Waals surface area contributed by atoms with E-state index < -0.39 is 13.0 Å². The zero-order valence-corrected chi connectivity index (χ0v) is 10.2. The lowest BCUT2D eigenvalue weighted by molar-refractivity contribution is -0.131. The van der Waals surface area contributed by atoms with Crippen LogP contribution in [0.15, 0.2) is 0 Å². The van der Waals surface area contributed by atoms with Crippen LogP contribution >= 0.6 is 15.9 Å². The molecule has 0 heterocycles. The van der Waals surface area contributed by atoms with Crippen LogP contribution in [0.5, 0.6) is 0 Å². The predicted molar refractivity (Wildman–Crippen MR) is 56.1 cm³/mol. The number of hydrogen-bond donors (Lipinski definition) is 0. The van der Waals surface area contributed by atoms with Crippen LogP contribution in [0.2, 0.25) is 0 Å². The van der Waals surface area contributed by atoms with Crippen molar-refractivity contribution < 1.29 is 13.5 Å². The van der Waals surface area contributed by atoms with Gasteiger partial charge in [0.1, 0.15) is 6.61 Å². The maximum atomic E-state index is 12.0. The number of halogens is 3. The summed E-state index contributed by atoms with van der Waals surface area (Å²) in [5.41, 5.74) is 0.0783. The van der Waals surface area contributed by atoms with E-state index in [9.17, 15) is 8.78 Å². The van der Waals surface area contributed by atoms with Crippen molar-refractivity contribution in [3.63, 3.8) is 0 Å². The Balaban J connectivity index is 2.47. The van der Waals surface area contributed by atoms with Gasteiger partial charge < -0.3 is 4.74 Å². The minimum absolute atomic E-state index is 0.0101. The Kier molecular flexibility index (Phi) is 4.31. The van der Waals surface area contributed by atoms with Crippen LogP contribution in [0, 0.1) is 5.41 Å². The first-order valence-electron chi connectivity index (χ1n) is 5.10. The summed E-state index contributed by atoms with van der Waals surface area (Å²) in [6.07, 6.45) is 0.473. The van der Waals surface area contributed by atoms with Crippen molar-refractivity contribution in [2.45, 2.75) is 50.5 Å². The van der Waals surface area contributed by atoms with Crippen molar-refractivity contribution in [2.75, 3.05) is 6.61 Å². The molecule has 4 heteroatoms. The van der Waals surface area contributed by atoms with E-state index in [0.29, 0.717) is 4.83 Å². The van der Waals surface area contributed by atoms with Crippen molar-refractivity contribution in [3.8, 4) is 0 Å². The number of hydrogen-bond acceptors (Lipinski definition) is 1. The van der Waals surface area contributed by atoms with Crippen LogP contribution in [0.4, 0.5) is 8.78 Å².